The van der Waals surface area contributed by atoms with Crippen LogP contribution in [0.15, 0.2) is 0 Å². The minimum Gasteiger partial charge on any atom is -0.480 e. The summed E-state index contributed by atoms with van der Waals surface area (Å²) in [7, 11) is 0. The molecule has 0 bridgehead atoms. The fourth-order valence-corrected chi connectivity index (χ4v) is 0.195. The molecule has 0 aliphatic rings. The van der Waals surface area contributed by atoms with Crippen LogP contribution in [0.3, 0.4) is 0 Å². The third-order valence-corrected chi connectivity index (χ3v) is 0.699. The van der Waals surface area contributed by atoms with E-state index in [0.717, 1.165) is 0 Å². The highest BCUT2D eigenvalue weighted by Crippen LogP contribution is 1.79. The van der Waals surface area contributed by atoms with Crippen LogP contribution in [-0.2, 0) is 23.9 Å². The molecular formula is C7H13NO6. The molecule has 0 heterocycles. The third kappa shape index (κ3) is 22.4. The molecule has 0 saturated carbocycles. The summed E-state index contributed by atoms with van der Waals surface area (Å²) in [6, 6.07) is 0. The first kappa shape index (κ1) is 14.9. The number of rotatable bonds is 3. The van der Waals surface area contributed by atoms with Gasteiger partial charge in [-0.3, -0.25) is 14.4 Å². The van der Waals surface area contributed by atoms with Crippen molar-refractivity contribution < 1.29 is 29.0 Å². The molecule has 0 saturated heterocycles. The molecule has 0 spiro atoms. The number of ether oxygens (including phenoxy) is 2. The second kappa shape index (κ2) is 9.46. The standard InChI is InChI=1S/C5H8O4.C2H5NO2/c1-4(6)8-3-9-5(2)7;3-1-2(4)5/h3H2,1-2H3;1,3H2,(H,4,5). The first-order chi connectivity index (χ1) is 6.40. The lowest BCUT2D eigenvalue weighted by atomic mass is 10.7. The second-order valence-corrected chi connectivity index (χ2v) is 1.99. The van der Waals surface area contributed by atoms with Crippen molar-refractivity contribution in [1.82, 2.24) is 0 Å². The number of aliphatic carboxylic acids is 1. The van der Waals surface area contributed by atoms with Crippen LogP contribution in [0.1, 0.15) is 13.8 Å². The van der Waals surface area contributed by atoms with E-state index < -0.39 is 17.9 Å². The summed E-state index contributed by atoms with van der Waals surface area (Å²) in [6.07, 6.45) is 0. The van der Waals surface area contributed by atoms with E-state index >= 15 is 0 Å². The zero-order valence-electron chi connectivity index (χ0n) is 7.98. The Bertz CT molecular complexity index is 188. The molecule has 3 N–H and O–H groups in total. The Balaban J connectivity index is 0. The smallest absolute Gasteiger partial charge is 0.317 e. The van der Waals surface area contributed by atoms with Crippen LogP contribution >= 0.6 is 0 Å². The third-order valence-electron chi connectivity index (χ3n) is 0.699. The van der Waals surface area contributed by atoms with Crippen LogP contribution < -0.4 is 5.73 Å². The van der Waals surface area contributed by atoms with E-state index in [4.69, 9.17) is 5.11 Å². The average molecular weight is 207 g/mol. The Hall–Kier alpha value is -1.63. The lowest BCUT2D eigenvalue weighted by Crippen LogP contribution is -2.10. The van der Waals surface area contributed by atoms with Crippen molar-refractivity contribution in [1.29, 1.82) is 0 Å². The number of carbonyl (C=O) groups excluding carboxylic acids is 2. The van der Waals surface area contributed by atoms with Gasteiger partial charge in [0.05, 0.1) is 6.54 Å². The summed E-state index contributed by atoms with van der Waals surface area (Å²) >= 11 is 0. The fourth-order valence-electron chi connectivity index (χ4n) is 0.195. The van der Waals surface area contributed by atoms with Crippen molar-refractivity contribution in [2.24, 2.45) is 5.73 Å². The summed E-state index contributed by atoms with van der Waals surface area (Å²) in [4.78, 5) is 29.3. The van der Waals surface area contributed by atoms with Crippen LogP contribution in [0.25, 0.3) is 0 Å². The second-order valence-electron chi connectivity index (χ2n) is 1.99. The fraction of sp³-hybridized carbons (Fsp3) is 0.571. The molecule has 14 heavy (non-hydrogen) atoms. The molecule has 0 unspecified atom stereocenters. The van der Waals surface area contributed by atoms with Gasteiger partial charge in [-0.1, -0.05) is 0 Å². The highest BCUT2D eigenvalue weighted by Gasteiger charge is 1.93. The van der Waals surface area contributed by atoms with E-state index in [1.165, 1.54) is 13.8 Å². The van der Waals surface area contributed by atoms with Gasteiger partial charge in [-0.25, -0.2) is 0 Å². The molecule has 0 rings (SSSR count). The summed E-state index contributed by atoms with van der Waals surface area (Å²) in [5.41, 5.74) is 4.57. The molecule has 0 aromatic rings. The number of hydrogen-bond acceptors (Lipinski definition) is 6. The maximum atomic E-state index is 10.0. The van der Waals surface area contributed by atoms with Crippen LogP contribution in [0, 0.1) is 0 Å². The molecule has 0 radical (unpaired) electrons. The van der Waals surface area contributed by atoms with Crippen molar-refractivity contribution in [3.05, 3.63) is 0 Å². The highest BCUT2D eigenvalue weighted by molar-refractivity contribution is 5.68. The maximum Gasteiger partial charge on any atom is 0.317 e. The Morgan fingerprint density at radius 1 is 1.14 bits per heavy atom. The van der Waals surface area contributed by atoms with E-state index in [1.807, 2.05) is 0 Å². The normalized spacial score (nSPS) is 7.93. The molecule has 0 atom stereocenters. The maximum absolute atomic E-state index is 10.0. The first-order valence-corrected chi connectivity index (χ1v) is 3.58. The van der Waals surface area contributed by atoms with E-state index in [2.05, 4.69) is 15.2 Å². The quantitative estimate of drug-likeness (QED) is 0.455. The number of nitrogens with two attached hydrogens (primary N) is 1. The Morgan fingerprint density at radius 3 is 1.57 bits per heavy atom. The number of hydrogen-bond donors (Lipinski definition) is 2. The SMILES string of the molecule is CC(=O)OCOC(C)=O.NCC(=O)O. The number of carboxylic acid groups (broad SMARTS) is 1. The Labute approximate surface area is 80.8 Å². The van der Waals surface area contributed by atoms with Gasteiger partial charge < -0.3 is 20.3 Å². The predicted molar refractivity (Wildman–Crippen MR) is 45.1 cm³/mol. The molecule has 0 aliphatic carbocycles. The van der Waals surface area contributed by atoms with E-state index in [9.17, 15) is 14.4 Å². The average Bonchev–Trinajstić information content (AvgIpc) is 2.04. The van der Waals surface area contributed by atoms with Gasteiger partial charge in [-0.05, 0) is 0 Å². The predicted octanol–water partition coefficient (Wildman–Crippen LogP) is -0.900. The minimum absolute atomic E-state index is 0.278. The van der Waals surface area contributed by atoms with Gasteiger partial charge >= 0.3 is 17.9 Å². The van der Waals surface area contributed by atoms with Crippen molar-refractivity contribution in [3.8, 4) is 0 Å². The van der Waals surface area contributed by atoms with Crippen molar-refractivity contribution in [2.75, 3.05) is 13.3 Å². The minimum atomic E-state index is -0.968. The van der Waals surface area contributed by atoms with Gasteiger partial charge in [0.2, 0.25) is 6.79 Å². The van der Waals surface area contributed by atoms with Crippen LogP contribution in [0.2, 0.25) is 0 Å². The van der Waals surface area contributed by atoms with Crippen LogP contribution in [0.5, 0.6) is 0 Å². The Morgan fingerprint density at radius 2 is 1.43 bits per heavy atom. The van der Waals surface area contributed by atoms with E-state index in [1.54, 1.807) is 0 Å². The van der Waals surface area contributed by atoms with Crippen molar-refractivity contribution in [3.63, 3.8) is 0 Å². The van der Waals surface area contributed by atoms with Gasteiger partial charge in [0, 0.05) is 13.8 Å². The van der Waals surface area contributed by atoms with Gasteiger partial charge in [0.15, 0.2) is 0 Å². The number of carbonyl (C=O) groups is 3. The summed E-state index contributed by atoms with van der Waals surface area (Å²) in [5.74, 6) is -1.89. The number of carboxylic acids is 1. The van der Waals surface area contributed by atoms with Gasteiger partial charge in [0.25, 0.3) is 0 Å². The molecule has 0 fully saturated rings. The lowest BCUT2D eigenvalue weighted by molar-refractivity contribution is -0.164. The first-order valence-electron chi connectivity index (χ1n) is 3.58. The zero-order chi connectivity index (χ0) is 11.6. The topological polar surface area (TPSA) is 116 Å². The largest absolute Gasteiger partial charge is 0.480 e. The highest BCUT2D eigenvalue weighted by atomic mass is 16.7. The van der Waals surface area contributed by atoms with E-state index in [0.29, 0.717) is 0 Å². The van der Waals surface area contributed by atoms with Crippen molar-refractivity contribution >= 4 is 17.9 Å². The summed E-state index contributed by atoms with van der Waals surface area (Å²) in [6.45, 7) is 1.91. The zero-order valence-corrected chi connectivity index (χ0v) is 7.98. The van der Waals surface area contributed by atoms with E-state index in [-0.39, 0.29) is 13.3 Å². The van der Waals surface area contributed by atoms with Gasteiger partial charge in [-0.2, -0.15) is 0 Å². The monoisotopic (exact) mass is 207 g/mol. The molecule has 0 amide bonds. The molecule has 7 nitrogen and oxygen atoms in total. The molecule has 0 aromatic heterocycles. The van der Waals surface area contributed by atoms with Crippen LogP contribution in [0.4, 0.5) is 0 Å². The molecular weight excluding hydrogens is 194 g/mol. The lowest BCUT2D eigenvalue weighted by Gasteiger charge is -1.99. The molecule has 82 valence electrons. The van der Waals surface area contributed by atoms with Crippen LogP contribution in [-0.4, -0.2) is 36.4 Å². The van der Waals surface area contributed by atoms with Gasteiger partial charge in [-0.15, -0.1) is 0 Å². The van der Waals surface area contributed by atoms with Gasteiger partial charge in [0.1, 0.15) is 0 Å². The molecule has 0 aliphatic heterocycles. The summed E-state index contributed by atoms with van der Waals surface area (Å²) < 4.78 is 8.54. The molecule has 7 heteroatoms. The Kier molecular flexibility index (Phi) is 10.0. The summed E-state index contributed by atoms with van der Waals surface area (Å²) in [5, 5.41) is 7.60. The van der Waals surface area contributed by atoms with Crippen molar-refractivity contribution in [2.45, 2.75) is 13.8 Å². The molecule has 0 aromatic carbocycles. The number of esters is 2.